The van der Waals surface area contributed by atoms with Crippen molar-refractivity contribution in [2.75, 3.05) is 7.11 Å². The summed E-state index contributed by atoms with van der Waals surface area (Å²) in [4.78, 5) is 22.7. The molecule has 1 rings (SSSR count). The monoisotopic (exact) mass is 306 g/mol. The molecule has 0 saturated heterocycles. The Morgan fingerprint density at radius 1 is 1.18 bits per heavy atom. The van der Waals surface area contributed by atoms with Gasteiger partial charge < -0.3 is 14.6 Å². The van der Waals surface area contributed by atoms with Gasteiger partial charge in [-0.05, 0) is 57.4 Å². The Hall–Kier alpha value is -2.30. The second-order valence-corrected chi connectivity index (χ2v) is 5.37. The molecule has 0 atom stereocenters. The summed E-state index contributed by atoms with van der Waals surface area (Å²) in [5.41, 5.74) is 2.94. The fraction of sp³-hybridized carbons (Fsp3) is 0.412. The lowest BCUT2D eigenvalue weighted by atomic mass is 9.95. The molecule has 0 aliphatic heterocycles. The number of aliphatic hydroxyl groups is 1. The second kappa shape index (κ2) is 7.11. The van der Waals surface area contributed by atoms with Crippen molar-refractivity contribution in [2.24, 2.45) is 0 Å². The summed E-state index contributed by atoms with van der Waals surface area (Å²) in [7, 11) is 1.11. The normalized spacial score (nSPS) is 11.5. The van der Waals surface area contributed by atoms with Gasteiger partial charge >= 0.3 is 5.97 Å². The van der Waals surface area contributed by atoms with E-state index in [1.807, 2.05) is 40.7 Å². The van der Waals surface area contributed by atoms with Crippen LogP contribution in [0.1, 0.15) is 36.1 Å². The highest BCUT2D eigenvalue weighted by atomic mass is 16.5. The zero-order chi connectivity index (χ0) is 17.0. The van der Waals surface area contributed by atoms with Crippen LogP contribution in [0.5, 0.6) is 5.75 Å². The standard InChI is InChI=1S/C17H22O5/c1-9(2)22-15-7-10(3)16(12(5)11(15)4)13(18)8-14(19)17(20)21-6/h7-9,18H,1-6H3/b13-8-. The number of hydrogen-bond donors (Lipinski definition) is 1. The second-order valence-electron chi connectivity index (χ2n) is 5.37. The van der Waals surface area contributed by atoms with E-state index >= 15 is 0 Å². The average Bonchev–Trinajstić information content (AvgIpc) is 2.42. The van der Waals surface area contributed by atoms with Crippen LogP contribution in [0.2, 0.25) is 0 Å². The first-order chi connectivity index (χ1) is 10.2. The summed E-state index contributed by atoms with van der Waals surface area (Å²) in [6.07, 6.45) is 0.914. The van der Waals surface area contributed by atoms with Crippen LogP contribution in [0.25, 0.3) is 5.76 Å². The van der Waals surface area contributed by atoms with Crippen molar-refractivity contribution in [3.63, 3.8) is 0 Å². The molecule has 5 nitrogen and oxygen atoms in total. The molecular weight excluding hydrogens is 284 g/mol. The zero-order valence-electron chi connectivity index (χ0n) is 13.8. The van der Waals surface area contributed by atoms with Crippen LogP contribution in [-0.2, 0) is 14.3 Å². The van der Waals surface area contributed by atoms with E-state index in [0.29, 0.717) is 5.56 Å². The van der Waals surface area contributed by atoms with Crippen molar-refractivity contribution in [3.05, 3.63) is 34.4 Å². The number of carbonyl (C=O) groups excluding carboxylic acids is 2. The van der Waals surface area contributed by atoms with Gasteiger partial charge in [-0.15, -0.1) is 0 Å². The van der Waals surface area contributed by atoms with E-state index in [1.54, 1.807) is 0 Å². The fourth-order valence-electron chi connectivity index (χ4n) is 2.17. The minimum Gasteiger partial charge on any atom is -0.507 e. The van der Waals surface area contributed by atoms with E-state index in [0.717, 1.165) is 35.6 Å². The molecule has 1 N–H and O–H groups in total. The summed E-state index contributed by atoms with van der Waals surface area (Å²) < 4.78 is 10.1. The van der Waals surface area contributed by atoms with Gasteiger partial charge in [-0.2, -0.15) is 0 Å². The molecule has 0 heterocycles. The number of hydrogen-bond acceptors (Lipinski definition) is 5. The van der Waals surface area contributed by atoms with Crippen molar-refractivity contribution >= 4 is 17.5 Å². The Morgan fingerprint density at radius 2 is 1.77 bits per heavy atom. The van der Waals surface area contributed by atoms with Crippen molar-refractivity contribution in [2.45, 2.75) is 40.7 Å². The number of carbonyl (C=O) groups is 2. The first-order valence-corrected chi connectivity index (χ1v) is 6.99. The van der Waals surface area contributed by atoms with E-state index < -0.39 is 11.8 Å². The molecule has 0 saturated carbocycles. The highest BCUT2D eigenvalue weighted by molar-refractivity contribution is 6.39. The van der Waals surface area contributed by atoms with Crippen molar-refractivity contribution in [1.29, 1.82) is 0 Å². The molecule has 0 unspecified atom stereocenters. The summed E-state index contributed by atoms with van der Waals surface area (Å²) in [5.74, 6) is -1.44. The molecule has 1 aromatic carbocycles. The summed E-state index contributed by atoms with van der Waals surface area (Å²) in [5, 5.41) is 10.2. The van der Waals surface area contributed by atoms with Crippen LogP contribution >= 0.6 is 0 Å². The Labute approximate surface area is 130 Å². The predicted molar refractivity (Wildman–Crippen MR) is 84.0 cm³/mol. The smallest absolute Gasteiger partial charge is 0.378 e. The maximum absolute atomic E-state index is 11.5. The Morgan fingerprint density at radius 3 is 2.27 bits per heavy atom. The minimum atomic E-state index is -1.02. The third-order valence-corrected chi connectivity index (χ3v) is 3.32. The van der Waals surface area contributed by atoms with E-state index in [4.69, 9.17) is 4.74 Å². The van der Waals surface area contributed by atoms with Gasteiger partial charge in [0.15, 0.2) is 0 Å². The third-order valence-electron chi connectivity index (χ3n) is 3.32. The molecule has 0 spiro atoms. The Balaban J connectivity index is 3.32. The number of methoxy groups -OCH3 is 1. The van der Waals surface area contributed by atoms with Gasteiger partial charge in [-0.3, -0.25) is 4.79 Å². The average molecular weight is 306 g/mol. The van der Waals surface area contributed by atoms with E-state index in [9.17, 15) is 14.7 Å². The van der Waals surface area contributed by atoms with Crippen molar-refractivity contribution in [3.8, 4) is 5.75 Å². The summed E-state index contributed by atoms with van der Waals surface area (Å²) in [6.45, 7) is 9.39. The summed E-state index contributed by atoms with van der Waals surface area (Å²) >= 11 is 0. The molecule has 0 aliphatic carbocycles. The van der Waals surface area contributed by atoms with Crippen LogP contribution in [-0.4, -0.2) is 30.1 Å². The number of benzene rings is 1. The van der Waals surface area contributed by atoms with Gasteiger partial charge in [-0.25, -0.2) is 4.79 Å². The lowest BCUT2D eigenvalue weighted by Gasteiger charge is -2.18. The molecule has 22 heavy (non-hydrogen) atoms. The van der Waals surface area contributed by atoms with Gasteiger partial charge in [0.1, 0.15) is 11.5 Å². The van der Waals surface area contributed by atoms with Crippen LogP contribution in [0, 0.1) is 20.8 Å². The third kappa shape index (κ3) is 3.87. The molecule has 0 aliphatic rings. The molecule has 0 amide bonds. The molecule has 0 bridgehead atoms. The Bertz CT molecular complexity index is 626. The number of esters is 1. The van der Waals surface area contributed by atoms with Crippen LogP contribution in [0.4, 0.5) is 0 Å². The van der Waals surface area contributed by atoms with E-state index in [1.165, 1.54) is 0 Å². The predicted octanol–water partition coefficient (Wildman–Crippen LogP) is 3.04. The number of aryl methyl sites for hydroxylation is 1. The highest BCUT2D eigenvalue weighted by Gasteiger charge is 2.18. The SMILES string of the molecule is COC(=O)C(=O)/C=C(\O)c1c(C)cc(OC(C)C)c(C)c1C. The maximum Gasteiger partial charge on any atom is 0.378 e. The maximum atomic E-state index is 11.5. The quantitative estimate of drug-likeness (QED) is 0.392. The fourth-order valence-corrected chi connectivity index (χ4v) is 2.17. The first kappa shape index (κ1) is 17.8. The first-order valence-electron chi connectivity index (χ1n) is 6.99. The minimum absolute atomic E-state index is 0.0355. The lowest BCUT2D eigenvalue weighted by molar-refractivity contribution is -0.149. The molecular formula is C17H22O5. The van der Waals surface area contributed by atoms with Gasteiger partial charge in [0.25, 0.3) is 5.78 Å². The Kier molecular flexibility index (Phi) is 5.74. The number of ether oxygens (including phenoxy) is 2. The van der Waals surface area contributed by atoms with Gasteiger partial charge in [0.05, 0.1) is 13.2 Å². The summed E-state index contributed by atoms with van der Waals surface area (Å²) in [6, 6.07) is 1.81. The van der Waals surface area contributed by atoms with Crippen molar-refractivity contribution in [1.82, 2.24) is 0 Å². The molecule has 0 fully saturated rings. The molecule has 0 aromatic heterocycles. The van der Waals surface area contributed by atoms with E-state index in [-0.39, 0.29) is 11.9 Å². The molecule has 0 radical (unpaired) electrons. The van der Waals surface area contributed by atoms with E-state index in [2.05, 4.69) is 4.74 Å². The number of aliphatic hydroxyl groups excluding tert-OH is 1. The van der Waals surface area contributed by atoms with Gasteiger partial charge in [-0.1, -0.05) is 0 Å². The highest BCUT2D eigenvalue weighted by Crippen LogP contribution is 2.31. The number of rotatable bonds is 5. The molecule has 1 aromatic rings. The largest absolute Gasteiger partial charge is 0.507 e. The van der Waals surface area contributed by atoms with Crippen molar-refractivity contribution < 1.29 is 24.2 Å². The zero-order valence-corrected chi connectivity index (χ0v) is 13.8. The van der Waals surface area contributed by atoms with Gasteiger partial charge in [0.2, 0.25) is 0 Å². The molecule has 5 heteroatoms. The van der Waals surface area contributed by atoms with Crippen LogP contribution in [0.15, 0.2) is 12.1 Å². The number of ketones is 1. The van der Waals surface area contributed by atoms with Crippen LogP contribution in [0.3, 0.4) is 0 Å². The molecule has 120 valence electrons. The lowest BCUT2D eigenvalue weighted by Crippen LogP contribution is -2.13. The van der Waals surface area contributed by atoms with Crippen LogP contribution < -0.4 is 4.74 Å². The van der Waals surface area contributed by atoms with Gasteiger partial charge in [0, 0.05) is 11.6 Å². The topological polar surface area (TPSA) is 72.8 Å².